The minimum atomic E-state index is -0.221. The summed E-state index contributed by atoms with van der Waals surface area (Å²) >= 11 is 11.4. The minimum Gasteiger partial charge on any atom is -0.310 e. The second-order valence-electron chi connectivity index (χ2n) is 3.85. The Labute approximate surface area is 106 Å². The molecule has 0 saturated carbocycles. The summed E-state index contributed by atoms with van der Waals surface area (Å²) < 4.78 is 13.4. The van der Waals surface area contributed by atoms with Gasteiger partial charge in [-0.3, -0.25) is 0 Å². The Morgan fingerprint density at radius 2 is 2.19 bits per heavy atom. The van der Waals surface area contributed by atoms with Crippen LogP contribution in [0.3, 0.4) is 0 Å². The first-order valence-corrected chi connectivity index (χ1v) is 6.28. The molecule has 4 heteroatoms. The molecule has 0 aromatic heterocycles. The standard InChI is InChI=1S/C12H16Cl2FN/c1-9(3-2-6-13)16-8-10-7-11(14)4-5-12(10)15/h4-5,7,9,16H,2-3,6,8H2,1H3. The molecule has 1 nitrogen and oxygen atoms in total. The fourth-order valence-electron chi connectivity index (χ4n) is 1.45. The van der Waals surface area contributed by atoms with Gasteiger partial charge in [0, 0.05) is 29.1 Å². The molecule has 0 bridgehead atoms. The van der Waals surface area contributed by atoms with Gasteiger partial charge in [-0.1, -0.05) is 11.6 Å². The summed E-state index contributed by atoms with van der Waals surface area (Å²) in [5, 5.41) is 3.81. The number of nitrogens with one attached hydrogen (secondary N) is 1. The van der Waals surface area contributed by atoms with Crippen LogP contribution < -0.4 is 5.32 Å². The molecular formula is C12H16Cl2FN. The Morgan fingerprint density at radius 3 is 2.88 bits per heavy atom. The summed E-state index contributed by atoms with van der Waals surface area (Å²) in [6.07, 6.45) is 1.96. The van der Waals surface area contributed by atoms with Crippen LogP contribution in [0.5, 0.6) is 0 Å². The van der Waals surface area contributed by atoms with Gasteiger partial charge < -0.3 is 5.32 Å². The summed E-state index contributed by atoms with van der Waals surface area (Å²) in [4.78, 5) is 0. The molecule has 0 heterocycles. The highest BCUT2D eigenvalue weighted by Gasteiger charge is 2.05. The van der Waals surface area contributed by atoms with Crippen LogP contribution in [0, 0.1) is 5.82 Å². The van der Waals surface area contributed by atoms with Crippen molar-refractivity contribution >= 4 is 23.2 Å². The second kappa shape index (κ2) is 7.10. The number of benzene rings is 1. The fourth-order valence-corrected chi connectivity index (χ4v) is 1.80. The molecule has 0 amide bonds. The van der Waals surface area contributed by atoms with E-state index in [4.69, 9.17) is 23.2 Å². The highest BCUT2D eigenvalue weighted by molar-refractivity contribution is 6.30. The largest absolute Gasteiger partial charge is 0.310 e. The first kappa shape index (κ1) is 13.8. The molecule has 16 heavy (non-hydrogen) atoms. The molecular weight excluding hydrogens is 248 g/mol. The molecule has 0 spiro atoms. The van der Waals surface area contributed by atoms with Gasteiger partial charge in [0.2, 0.25) is 0 Å². The Hall–Kier alpha value is -0.310. The van der Waals surface area contributed by atoms with Crippen LogP contribution >= 0.6 is 23.2 Å². The van der Waals surface area contributed by atoms with Crippen molar-refractivity contribution in [1.29, 1.82) is 0 Å². The van der Waals surface area contributed by atoms with E-state index in [9.17, 15) is 4.39 Å². The summed E-state index contributed by atoms with van der Waals surface area (Å²) in [6, 6.07) is 4.93. The predicted octanol–water partition coefficient (Wildman–Crippen LogP) is 3.98. The normalized spacial score (nSPS) is 12.8. The Balaban J connectivity index is 2.44. The third kappa shape index (κ3) is 4.69. The van der Waals surface area contributed by atoms with Gasteiger partial charge in [0.25, 0.3) is 0 Å². The van der Waals surface area contributed by atoms with Gasteiger partial charge in [-0.2, -0.15) is 0 Å². The quantitative estimate of drug-likeness (QED) is 0.766. The van der Waals surface area contributed by atoms with E-state index in [0.717, 1.165) is 12.8 Å². The van der Waals surface area contributed by atoms with Gasteiger partial charge in [-0.05, 0) is 38.0 Å². The summed E-state index contributed by atoms with van der Waals surface area (Å²) in [7, 11) is 0. The zero-order valence-corrected chi connectivity index (χ0v) is 10.8. The molecule has 0 aliphatic rings. The predicted molar refractivity (Wildman–Crippen MR) is 67.7 cm³/mol. The van der Waals surface area contributed by atoms with Crippen LogP contribution in [0.4, 0.5) is 4.39 Å². The van der Waals surface area contributed by atoms with Crippen molar-refractivity contribution in [2.45, 2.75) is 32.4 Å². The average molecular weight is 264 g/mol. The maximum atomic E-state index is 13.4. The first-order valence-electron chi connectivity index (χ1n) is 5.36. The van der Waals surface area contributed by atoms with E-state index >= 15 is 0 Å². The van der Waals surface area contributed by atoms with Gasteiger partial charge in [0.1, 0.15) is 5.82 Å². The summed E-state index contributed by atoms with van der Waals surface area (Å²) in [6.45, 7) is 2.56. The molecule has 0 radical (unpaired) electrons. The van der Waals surface area contributed by atoms with E-state index in [1.54, 1.807) is 12.1 Å². The lowest BCUT2D eigenvalue weighted by molar-refractivity contribution is 0.497. The van der Waals surface area contributed by atoms with Gasteiger partial charge in [-0.15, -0.1) is 11.6 Å². The first-order chi connectivity index (χ1) is 7.63. The smallest absolute Gasteiger partial charge is 0.127 e. The van der Waals surface area contributed by atoms with Gasteiger partial charge in [0.05, 0.1) is 0 Å². The van der Waals surface area contributed by atoms with E-state index in [2.05, 4.69) is 12.2 Å². The maximum absolute atomic E-state index is 13.4. The summed E-state index contributed by atoms with van der Waals surface area (Å²) in [5.41, 5.74) is 0.602. The van der Waals surface area contributed by atoms with Crippen molar-refractivity contribution in [3.05, 3.63) is 34.6 Å². The van der Waals surface area contributed by atoms with Crippen molar-refractivity contribution in [3.63, 3.8) is 0 Å². The van der Waals surface area contributed by atoms with Crippen molar-refractivity contribution in [3.8, 4) is 0 Å². The van der Waals surface area contributed by atoms with Crippen molar-refractivity contribution in [1.82, 2.24) is 5.32 Å². The third-order valence-corrected chi connectivity index (χ3v) is 2.92. The van der Waals surface area contributed by atoms with Crippen LogP contribution in [0.15, 0.2) is 18.2 Å². The number of rotatable bonds is 6. The molecule has 1 rings (SSSR count). The van der Waals surface area contributed by atoms with Crippen LogP contribution in [0.2, 0.25) is 5.02 Å². The van der Waals surface area contributed by atoms with E-state index in [-0.39, 0.29) is 5.82 Å². The number of hydrogen-bond donors (Lipinski definition) is 1. The van der Waals surface area contributed by atoms with Crippen LogP contribution in [-0.2, 0) is 6.54 Å². The van der Waals surface area contributed by atoms with Crippen molar-refractivity contribution < 1.29 is 4.39 Å². The second-order valence-corrected chi connectivity index (χ2v) is 4.66. The Morgan fingerprint density at radius 1 is 1.44 bits per heavy atom. The Bertz CT molecular complexity index is 331. The average Bonchev–Trinajstić information content (AvgIpc) is 2.27. The summed E-state index contributed by atoms with van der Waals surface area (Å²) in [5.74, 6) is 0.443. The van der Waals surface area contributed by atoms with Crippen LogP contribution in [-0.4, -0.2) is 11.9 Å². The van der Waals surface area contributed by atoms with E-state index in [1.165, 1.54) is 6.07 Å². The van der Waals surface area contributed by atoms with Crippen LogP contribution in [0.1, 0.15) is 25.3 Å². The fraction of sp³-hybridized carbons (Fsp3) is 0.500. The lowest BCUT2D eigenvalue weighted by Gasteiger charge is -2.13. The van der Waals surface area contributed by atoms with E-state index < -0.39 is 0 Å². The van der Waals surface area contributed by atoms with E-state index in [0.29, 0.717) is 29.1 Å². The monoisotopic (exact) mass is 263 g/mol. The third-order valence-electron chi connectivity index (χ3n) is 2.42. The van der Waals surface area contributed by atoms with Gasteiger partial charge in [-0.25, -0.2) is 4.39 Å². The van der Waals surface area contributed by atoms with Gasteiger partial charge in [0.15, 0.2) is 0 Å². The molecule has 1 N–H and O–H groups in total. The Kier molecular flexibility index (Phi) is 6.10. The number of halogens is 3. The SMILES string of the molecule is CC(CCCCl)NCc1cc(Cl)ccc1F. The highest BCUT2D eigenvalue weighted by Crippen LogP contribution is 2.15. The zero-order chi connectivity index (χ0) is 12.0. The zero-order valence-electron chi connectivity index (χ0n) is 9.27. The lowest BCUT2D eigenvalue weighted by Crippen LogP contribution is -2.25. The molecule has 1 aromatic rings. The van der Waals surface area contributed by atoms with Crippen LogP contribution in [0.25, 0.3) is 0 Å². The molecule has 0 fully saturated rings. The van der Waals surface area contributed by atoms with Crippen molar-refractivity contribution in [2.24, 2.45) is 0 Å². The maximum Gasteiger partial charge on any atom is 0.127 e. The molecule has 1 unspecified atom stereocenters. The lowest BCUT2D eigenvalue weighted by atomic mass is 10.1. The van der Waals surface area contributed by atoms with E-state index in [1.807, 2.05) is 0 Å². The molecule has 0 saturated heterocycles. The topological polar surface area (TPSA) is 12.0 Å². The molecule has 90 valence electrons. The minimum absolute atomic E-state index is 0.221. The van der Waals surface area contributed by atoms with Crippen molar-refractivity contribution in [2.75, 3.05) is 5.88 Å². The highest BCUT2D eigenvalue weighted by atomic mass is 35.5. The molecule has 1 aromatic carbocycles. The number of alkyl halides is 1. The molecule has 0 aliphatic heterocycles. The molecule has 0 aliphatic carbocycles. The van der Waals surface area contributed by atoms with Gasteiger partial charge >= 0.3 is 0 Å². The molecule has 1 atom stereocenters. The number of hydrogen-bond acceptors (Lipinski definition) is 1.